The lowest BCUT2D eigenvalue weighted by Gasteiger charge is -1.98. The molecule has 2 N–H and O–H groups in total. The molecule has 0 fully saturated rings. The first-order valence-corrected chi connectivity index (χ1v) is 5.10. The van der Waals surface area contributed by atoms with E-state index < -0.39 is 0 Å². The number of nitrogens with one attached hydrogen (secondary N) is 2. The van der Waals surface area contributed by atoms with Crippen LogP contribution in [-0.4, -0.2) is 26.5 Å². The maximum absolute atomic E-state index is 11.9. The summed E-state index contributed by atoms with van der Waals surface area (Å²) in [4.78, 5) is 11.9. The number of hydrogen-bond donors (Lipinski definition) is 2. The average molecular weight is 238 g/mol. The highest BCUT2D eigenvalue weighted by Crippen LogP contribution is 2.35. The molecule has 1 amide bonds. The van der Waals surface area contributed by atoms with Gasteiger partial charge >= 0.3 is 0 Å². The molecule has 0 aliphatic carbocycles. The van der Waals surface area contributed by atoms with Crippen LogP contribution in [0.3, 0.4) is 0 Å². The fraction of sp³-hybridized carbons (Fsp3) is 0. The van der Waals surface area contributed by atoms with Gasteiger partial charge in [0.1, 0.15) is 11.6 Å². The summed E-state index contributed by atoms with van der Waals surface area (Å²) >= 11 is 0. The zero-order chi connectivity index (χ0) is 12.5. The number of allylic oxidation sites excluding steroid dienone is 1. The van der Waals surface area contributed by atoms with Gasteiger partial charge < -0.3 is 5.32 Å². The Morgan fingerprint density at radius 3 is 2.89 bits per heavy atom. The summed E-state index contributed by atoms with van der Waals surface area (Å²) in [5, 5.41) is 25.0. The average Bonchev–Trinajstić information content (AvgIpc) is 2.99. The number of aromatic amines is 1. The number of carbonyl (C=O) groups is 1. The molecule has 86 valence electrons. The summed E-state index contributed by atoms with van der Waals surface area (Å²) in [7, 11) is 0. The van der Waals surface area contributed by atoms with E-state index in [0.717, 1.165) is 0 Å². The van der Waals surface area contributed by atoms with Crippen LogP contribution < -0.4 is 5.32 Å². The van der Waals surface area contributed by atoms with Crippen molar-refractivity contribution >= 4 is 22.7 Å². The minimum Gasteiger partial charge on any atom is -0.321 e. The summed E-state index contributed by atoms with van der Waals surface area (Å²) in [6.07, 6.45) is 0. The Bertz CT molecular complexity index is 695. The van der Waals surface area contributed by atoms with Crippen LogP contribution in [0, 0.1) is 11.3 Å². The molecule has 0 spiro atoms. The maximum atomic E-state index is 11.9. The van der Waals surface area contributed by atoms with E-state index in [1.807, 2.05) is 12.1 Å². The highest BCUT2D eigenvalue weighted by Gasteiger charge is 2.29. The van der Waals surface area contributed by atoms with Crippen LogP contribution in [0.2, 0.25) is 0 Å². The molecular weight excluding hydrogens is 232 g/mol. The molecule has 2 heterocycles. The molecule has 0 saturated carbocycles. The normalized spacial score (nSPS) is 15.8. The van der Waals surface area contributed by atoms with Crippen molar-refractivity contribution in [3.05, 3.63) is 35.7 Å². The van der Waals surface area contributed by atoms with Gasteiger partial charge in [0, 0.05) is 11.3 Å². The molecule has 0 unspecified atom stereocenters. The second kappa shape index (κ2) is 3.78. The molecular formula is C11H6N6O. The number of nitrogens with zero attached hydrogens (tertiary/aromatic N) is 4. The Balaban J connectivity index is 2.28. The molecule has 1 aromatic carbocycles. The van der Waals surface area contributed by atoms with E-state index in [1.165, 1.54) is 0 Å². The number of amides is 1. The number of aromatic nitrogens is 4. The lowest BCUT2D eigenvalue weighted by molar-refractivity contribution is -0.110. The largest absolute Gasteiger partial charge is 0.321 e. The Morgan fingerprint density at radius 1 is 1.33 bits per heavy atom. The van der Waals surface area contributed by atoms with Crippen molar-refractivity contribution in [2.75, 3.05) is 5.32 Å². The minimum absolute atomic E-state index is 0.103. The monoisotopic (exact) mass is 238 g/mol. The van der Waals surface area contributed by atoms with Crippen LogP contribution in [0.4, 0.5) is 5.69 Å². The highest BCUT2D eigenvalue weighted by molar-refractivity contribution is 6.37. The summed E-state index contributed by atoms with van der Waals surface area (Å²) < 4.78 is 0. The van der Waals surface area contributed by atoms with Crippen LogP contribution >= 0.6 is 0 Å². The van der Waals surface area contributed by atoms with Gasteiger partial charge in [0.05, 0.1) is 5.57 Å². The molecule has 0 radical (unpaired) electrons. The van der Waals surface area contributed by atoms with Crippen molar-refractivity contribution < 1.29 is 4.79 Å². The molecule has 1 aliphatic rings. The predicted octanol–water partition coefficient (Wildman–Crippen LogP) is 0.586. The zero-order valence-electron chi connectivity index (χ0n) is 9.01. The molecule has 3 rings (SSSR count). The SMILES string of the molecule is N#C/C(=C1/C(=O)Nc2ccccc21)c1nn[nH]n1. The van der Waals surface area contributed by atoms with Gasteiger partial charge in [-0.2, -0.15) is 10.5 Å². The molecule has 2 aromatic rings. The van der Waals surface area contributed by atoms with Crippen molar-refractivity contribution in [2.24, 2.45) is 0 Å². The first kappa shape index (κ1) is 10.2. The van der Waals surface area contributed by atoms with E-state index in [1.54, 1.807) is 18.2 Å². The Morgan fingerprint density at radius 2 is 2.17 bits per heavy atom. The third-order valence-electron chi connectivity index (χ3n) is 2.60. The van der Waals surface area contributed by atoms with E-state index >= 15 is 0 Å². The first-order valence-electron chi connectivity index (χ1n) is 5.10. The first-order chi connectivity index (χ1) is 8.81. The number of rotatable bonds is 1. The maximum Gasteiger partial charge on any atom is 0.257 e. The van der Waals surface area contributed by atoms with E-state index in [4.69, 9.17) is 0 Å². The number of anilines is 1. The van der Waals surface area contributed by atoms with Gasteiger partial charge in [-0.25, -0.2) is 0 Å². The molecule has 7 heteroatoms. The Labute approximate surface area is 101 Å². The Kier molecular flexibility index (Phi) is 2.13. The number of tetrazole rings is 1. The topological polar surface area (TPSA) is 107 Å². The summed E-state index contributed by atoms with van der Waals surface area (Å²) in [5.74, 6) is -0.225. The molecule has 0 saturated heterocycles. The van der Waals surface area contributed by atoms with Crippen LogP contribution in [0.25, 0.3) is 11.1 Å². The molecule has 18 heavy (non-hydrogen) atoms. The minimum atomic E-state index is -0.336. The van der Waals surface area contributed by atoms with E-state index in [0.29, 0.717) is 11.3 Å². The van der Waals surface area contributed by atoms with E-state index in [9.17, 15) is 10.1 Å². The fourth-order valence-corrected chi connectivity index (χ4v) is 1.85. The second-order valence-corrected chi connectivity index (χ2v) is 3.60. The van der Waals surface area contributed by atoms with E-state index in [2.05, 4.69) is 25.9 Å². The lowest BCUT2D eigenvalue weighted by Crippen LogP contribution is -2.06. The van der Waals surface area contributed by atoms with Gasteiger partial charge in [-0.15, -0.1) is 10.2 Å². The van der Waals surface area contributed by atoms with Crippen molar-refractivity contribution in [1.29, 1.82) is 5.26 Å². The third kappa shape index (κ3) is 1.36. The summed E-state index contributed by atoms with van der Waals surface area (Å²) in [6, 6.07) is 9.09. The van der Waals surface area contributed by atoms with Crippen molar-refractivity contribution in [2.45, 2.75) is 0 Å². The van der Waals surface area contributed by atoms with Crippen molar-refractivity contribution in [1.82, 2.24) is 20.6 Å². The Hall–Kier alpha value is -3.01. The van der Waals surface area contributed by atoms with Gasteiger partial charge in [0.2, 0.25) is 5.82 Å². The lowest BCUT2D eigenvalue weighted by atomic mass is 10.0. The smallest absolute Gasteiger partial charge is 0.257 e. The van der Waals surface area contributed by atoms with Gasteiger partial charge in [-0.1, -0.05) is 18.2 Å². The summed E-state index contributed by atoms with van der Waals surface area (Å²) in [5.41, 5.74) is 1.72. The van der Waals surface area contributed by atoms with Crippen molar-refractivity contribution in [3.8, 4) is 6.07 Å². The second-order valence-electron chi connectivity index (χ2n) is 3.60. The number of carbonyl (C=O) groups excluding carboxylic acids is 1. The number of nitriles is 1. The standard InChI is InChI=1S/C11H6N6O/c12-5-7(10-14-16-17-15-10)9-6-3-1-2-4-8(6)13-11(9)18/h1-4H,(H,13,18)(H,14,15,16,17)/b9-7-. The highest BCUT2D eigenvalue weighted by atomic mass is 16.2. The molecule has 7 nitrogen and oxygen atoms in total. The van der Waals surface area contributed by atoms with Crippen LogP contribution in [0.15, 0.2) is 24.3 Å². The number of benzene rings is 1. The molecule has 1 aliphatic heterocycles. The number of para-hydroxylation sites is 1. The van der Waals surface area contributed by atoms with Crippen LogP contribution in [0.5, 0.6) is 0 Å². The van der Waals surface area contributed by atoms with Crippen molar-refractivity contribution in [3.63, 3.8) is 0 Å². The number of hydrogen-bond acceptors (Lipinski definition) is 5. The van der Waals surface area contributed by atoms with E-state index in [-0.39, 0.29) is 22.9 Å². The van der Waals surface area contributed by atoms with Gasteiger partial charge in [0.15, 0.2) is 0 Å². The third-order valence-corrected chi connectivity index (χ3v) is 2.60. The van der Waals surface area contributed by atoms with Crippen LogP contribution in [0.1, 0.15) is 11.4 Å². The molecule has 0 atom stereocenters. The van der Waals surface area contributed by atoms with Gasteiger partial charge in [0.25, 0.3) is 5.91 Å². The fourth-order valence-electron chi connectivity index (χ4n) is 1.85. The predicted molar refractivity (Wildman–Crippen MR) is 61.7 cm³/mol. The van der Waals surface area contributed by atoms with Gasteiger partial charge in [-0.05, 0) is 11.3 Å². The molecule has 0 bridgehead atoms. The van der Waals surface area contributed by atoms with Crippen LogP contribution in [-0.2, 0) is 4.79 Å². The quantitative estimate of drug-likeness (QED) is 0.558. The zero-order valence-corrected chi connectivity index (χ0v) is 9.01. The molecule has 1 aromatic heterocycles. The summed E-state index contributed by atoms with van der Waals surface area (Å²) in [6.45, 7) is 0. The number of fused-ring (bicyclic) bond motifs is 1. The number of H-pyrrole nitrogens is 1. The van der Waals surface area contributed by atoms with Gasteiger partial charge in [-0.3, -0.25) is 4.79 Å².